The summed E-state index contributed by atoms with van der Waals surface area (Å²) in [6.07, 6.45) is 4.59. The molecule has 6 nitrogen and oxygen atoms in total. The molecule has 19 aromatic rings. The fraction of sp³-hybridized carbons (Fsp3) is 0.0225. The highest BCUT2D eigenvalue weighted by molar-refractivity contribution is 6.24. The van der Waals surface area contributed by atoms with Crippen LogP contribution in [0.15, 0.2) is 332 Å². The largest absolute Gasteiger partial charge is 0.456 e. The summed E-state index contributed by atoms with van der Waals surface area (Å²) in [6.45, 7) is 2.17. The maximum Gasteiger partial charge on any atom is 0.145 e. The summed E-state index contributed by atoms with van der Waals surface area (Å²) in [6, 6.07) is 113. The Labute approximate surface area is 548 Å². The van der Waals surface area contributed by atoms with Crippen molar-refractivity contribution in [3.05, 3.63) is 334 Å². The van der Waals surface area contributed by atoms with Crippen molar-refractivity contribution in [3.8, 4) is 78.4 Å². The van der Waals surface area contributed by atoms with Crippen molar-refractivity contribution in [3.63, 3.8) is 0 Å². The molecule has 0 saturated carbocycles. The smallest absolute Gasteiger partial charge is 0.145 e. The molecule has 0 aliphatic rings. The minimum atomic E-state index is 0.865. The number of para-hydroxylation sites is 4. The van der Waals surface area contributed by atoms with Crippen LogP contribution in [0.4, 0.5) is 0 Å². The van der Waals surface area contributed by atoms with E-state index in [1.807, 2.05) is 30.6 Å². The standard InChI is InChI=1S/C45H30N2O.C44H29N3/c1-2-42-46-38-17-9-10-18-39(38)47(42)31-23-19-29(20-24-31)43-33-13-5-7-15-35(33)44(36-16-8-6-14-34(36)43)30-21-25-37-41(27-30)48-40-26-22-28-11-3-4-12-32(28)45(37)40;1-2-11-33(12-3-1)44-46-40-18-8-9-19-41(40)47(44)35-26-24-32(25-27-35)43-38-16-6-4-14-36(38)42(37-15-5-7-17-39(37)43)31-22-20-30(21-23-31)34-13-10-28-45-29-34/h3-27H,2H2,1H3;1-29H. The van der Waals surface area contributed by atoms with Crippen LogP contribution in [0.5, 0.6) is 0 Å². The van der Waals surface area contributed by atoms with Gasteiger partial charge in [-0.1, -0.05) is 250 Å². The molecule has 0 fully saturated rings. The molecule has 0 saturated heterocycles. The summed E-state index contributed by atoms with van der Waals surface area (Å²) in [5.41, 5.74) is 21.4. The quantitative estimate of drug-likeness (QED) is 0.135. The van der Waals surface area contributed by atoms with E-state index in [9.17, 15) is 0 Å². The van der Waals surface area contributed by atoms with Crippen LogP contribution >= 0.6 is 0 Å². The van der Waals surface area contributed by atoms with Crippen LogP contribution in [0.1, 0.15) is 12.7 Å². The number of hydrogen-bond donors (Lipinski definition) is 0. The lowest BCUT2D eigenvalue weighted by Gasteiger charge is -2.18. The second-order valence-corrected chi connectivity index (χ2v) is 24.4. The number of rotatable bonds is 9. The zero-order chi connectivity index (χ0) is 62.9. The van der Waals surface area contributed by atoms with E-state index in [0.717, 1.165) is 90.3 Å². The van der Waals surface area contributed by atoms with Crippen LogP contribution in [-0.4, -0.2) is 24.1 Å². The number of benzene rings is 15. The van der Waals surface area contributed by atoms with Crippen LogP contribution < -0.4 is 0 Å². The Hall–Kier alpha value is -12.5. The first-order valence-electron chi connectivity index (χ1n) is 32.5. The number of imidazole rings is 2. The predicted molar refractivity (Wildman–Crippen MR) is 397 cm³/mol. The molecule has 0 amide bonds. The highest BCUT2D eigenvalue weighted by Crippen LogP contribution is 2.47. The maximum atomic E-state index is 6.52. The van der Waals surface area contributed by atoms with Crippen molar-refractivity contribution in [1.82, 2.24) is 24.1 Å². The third kappa shape index (κ3) is 9.36. The van der Waals surface area contributed by atoms with E-state index < -0.39 is 0 Å². The molecule has 0 radical (unpaired) electrons. The molecule has 4 heterocycles. The van der Waals surface area contributed by atoms with Gasteiger partial charge in [0.1, 0.15) is 22.8 Å². The Kier molecular flexibility index (Phi) is 13.4. The van der Waals surface area contributed by atoms with Crippen LogP contribution in [0.2, 0.25) is 0 Å². The van der Waals surface area contributed by atoms with Crippen molar-refractivity contribution in [2.45, 2.75) is 13.3 Å². The van der Waals surface area contributed by atoms with Gasteiger partial charge in [0.05, 0.1) is 22.1 Å². The molecule has 0 N–H and O–H groups in total. The highest BCUT2D eigenvalue weighted by atomic mass is 16.3. The first kappa shape index (κ1) is 55.3. The first-order chi connectivity index (χ1) is 47.1. The van der Waals surface area contributed by atoms with Gasteiger partial charge in [-0.25, -0.2) is 9.97 Å². The molecule has 15 aromatic carbocycles. The van der Waals surface area contributed by atoms with E-state index in [2.05, 4.69) is 318 Å². The van der Waals surface area contributed by atoms with E-state index >= 15 is 0 Å². The Morgan fingerprint density at radius 3 is 1.27 bits per heavy atom. The van der Waals surface area contributed by atoms with Gasteiger partial charge in [-0.2, -0.15) is 0 Å². The van der Waals surface area contributed by atoms with E-state index in [1.165, 1.54) is 98.2 Å². The van der Waals surface area contributed by atoms with Crippen LogP contribution in [-0.2, 0) is 6.42 Å². The lowest BCUT2D eigenvalue weighted by molar-refractivity contribution is 0.669. The number of pyridine rings is 1. The fourth-order valence-corrected chi connectivity index (χ4v) is 14.8. The van der Waals surface area contributed by atoms with Gasteiger partial charge in [0.15, 0.2) is 0 Å². The molecule has 0 spiro atoms. The summed E-state index contributed by atoms with van der Waals surface area (Å²) >= 11 is 0. The molecule has 95 heavy (non-hydrogen) atoms. The van der Waals surface area contributed by atoms with Gasteiger partial charge < -0.3 is 4.42 Å². The molecule has 446 valence electrons. The molecule has 6 heteroatoms. The lowest BCUT2D eigenvalue weighted by Crippen LogP contribution is -2.00. The number of furan rings is 1. The van der Waals surface area contributed by atoms with Gasteiger partial charge >= 0.3 is 0 Å². The topological polar surface area (TPSA) is 61.7 Å². The summed E-state index contributed by atoms with van der Waals surface area (Å²) < 4.78 is 11.1. The Morgan fingerprint density at radius 1 is 0.305 bits per heavy atom. The molecular formula is C89H59N5O. The van der Waals surface area contributed by atoms with Crippen LogP contribution in [0.3, 0.4) is 0 Å². The second kappa shape index (κ2) is 23.0. The minimum Gasteiger partial charge on any atom is -0.456 e. The number of hydrogen-bond acceptors (Lipinski definition) is 4. The average molecular weight is 1210 g/mol. The lowest BCUT2D eigenvalue weighted by atomic mass is 9.85. The zero-order valence-electron chi connectivity index (χ0n) is 52.0. The van der Waals surface area contributed by atoms with Crippen molar-refractivity contribution in [2.24, 2.45) is 0 Å². The Balaban J connectivity index is 0.000000139. The Bertz CT molecular complexity index is 6050. The van der Waals surface area contributed by atoms with Gasteiger partial charge in [0.25, 0.3) is 0 Å². The molecule has 0 aliphatic carbocycles. The summed E-state index contributed by atoms with van der Waals surface area (Å²) in [7, 11) is 0. The van der Waals surface area contributed by atoms with E-state index in [4.69, 9.17) is 14.4 Å². The molecule has 4 aromatic heterocycles. The number of fused-ring (bicyclic) bond motifs is 11. The van der Waals surface area contributed by atoms with Crippen molar-refractivity contribution >= 4 is 97.9 Å². The number of aromatic nitrogens is 5. The van der Waals surface area contributed by atoms with E-state index in [1.54, 1.807) is 0 Å². The van der Waals surface area contributed by atoms with Gasteiger partial charge in [-0.05, 0) is 182 Å². The second-order valence-electron chi connectivity index (χ2n) is 24.4. The summed E-state index contributed by atoms with van der Waals surface area (Å²) in [5.74, 6) is 2.01. The fourth-order valence-electron chi connectivity index (χ4n) is 14.8. The SMILES string of the molecule is CCc1nc2ccccc2n1-c1ccc(-c2c3ccccc3c(-c3ccc4c(c3)oc3ccc5ccccc5c34)c3ccccc23)cc1.c1ccc(-c2nc3ccccc3n2-c2ccc(-c3c4ccccc4c(-c4ccc(-c5cccnc5)cc4)c4ccccc34)cc2)cc1. The minimum absolute atomic E-state index is 0.865. The first-order valence-corrected chi connectivity index (χ1v) is 32.5. The van der Waals surface area contributed by atoms with Crippen molar-refractivity contribution in [1.29, 1.82) is 0 Å². The third-order valence-electron chi connectivity index (χ3n) is 19.0. The summed E-state index contributed by atoms with van der Waals surface area (Å²) in [5, 5.41) is 14.7. The maximum absolute atomic E-state index is 6.52. The van der Waals surface area contributed by atoms with E-state index in [-0.39, 0.29) is 0 Å². The van der Waals surface area contributed by atoms with Gasteiger partial charge in [0.2, 0.25) is 0 Å². The highest BCUT2D eigenvalue weighted by Gasteiger charge is 2.22. The molecular weight excluding hydrogens is 1160 g/mol. The van der Waals surface area contributed by atoms with Crippen LogP contribution in [0.25, 0.3) is 176 Å². The number of aryl methyl sites for hydroxylation is 1. The van der Waals surface area contributed by atoms with Gasteiger partial charge in [-0.15, -0.1) is 0 Å². The Morgan fingerprint density at radius 2 is 0.737 bits per heavy atom. The molecule has 0 aliphatic heterocycles. The van der Waals surface area contributed by atoms with Crippen molar-refractivity contribution in [2.75, 3.05) is 0 Å². The van der Waals surface area contributed by atoms with Gasteiger partial charge in [-0.3, -0.25) is 14.1 Å². The molecule has 19 rings (SSSR count). The third-order valence-corrected chi connectivity index (χ3v) is 19.0. The number of nitrogens with zero attached hydrogens (tertiary/aromatic N) is 5. The summed E-state index contributed by atoms with van der Waals surface area (Å²) in [4.78, 5) is 14.3. The predicted octanol–water partition coefficient (Wildman–Crippen LogP) is 23.7. The zero-order valence-corrected chi connectivity index (χ0v) is 52.0. The average Bonchev–Trinajstić information content (AvgIpc) is 1.75. The normalized spacial score (nSPS) is 11.7. The molecule has 0 unspecified atom stereocenters. The van der Waals surface area contributed by atoms with Crippen LogP contribution in [0, 0.1) is 0 Å². The van der Waals surface area contributed by atoms with E-state index in [0.29, 0.717) is 0 Å². The molecule has 0 bridgehead atoms. The van der Waals surface area contributed by atoms with Crippen molar-refractivity contribution < 1.29 is 4.42 Å². The van der Waals surface area contributed by atoms with Gasteiger partial charge in [0, 0.05) is 46.5 Å². The monoisotopic (exact) mass is 1210 g/mol. The molecule has 0 atom stereocenters.